The third-order valence-electron chi connectivity index (χ3n) is 1.54. The first-order valence-corrected chi connectivity index (χ1v) is 3.67. The molecular weight excluding hydrogens is 202 g/mol. The highest BCUT2D eigenvalue weighted by Crippen LogP contribution is 2.22. The monoisotopic (exact) mass is 209 g/mol. The van der Waals surface area contributed by atoms with Crippen LogP contribution in [0.15, 0.2) is 12.1 Å². The lowest BCUT2D eigenvalue weighted by atomic mass is 10.2. The molecule has 0 aliphatic rings. The van der Waals surface area contributed by atoms with Gasteiger partial charge in [0.15, 0.2) is 11.6 Å². The van der Waals surface area contributed by atoms with Crippen molar-refractivity contribution in [3.8, 4) is 5.75 Å². The van der Waals surface area contributed by atoms with E-state index in [4.69, 9.17) is 5.73 Å². The number of benzene rings is 1. The zero-order chi connectivity index (χ0) is 10.7. The van der Waals surface area contributed by atoms with Crippen LogP contribution in [0.4, 0.5) is 17.6 Å². The van der Waals surface area contributed by atoms with Gasteiger partial charge in [-0.3, -0.25) is 0 Å². The molecule has 0 radical (unpaired) electrons. The first-order chi connectivity index (χ1) is 6.54. The zero-order valence-electron chi connectivity index (χ0n) is 6.94. The normalized spacial score (nSPS) is 10.7. The summed E-state index contributed by atoms with van der Waals surface area (Å²) in [5.74, 6) is -2.76. The van der Waals surface area contributed by atoms with Gasteiger partial charge in [0, 0.05) is 18.2 Å². The minimum absolute atomic E-state index is 0.0934. The van der Waals surface area contributed by atoms with E-state index in [9.17, 15) is 17.6 Å². The summed E-state index contributed by atoms with van der Waals surface area (Å²) in [5, 5.41) is 0. The highest BCUT2D eigenvalue weighted by Gasteiger charge is 2.13. The summed E-state index contributed by atoms with van der Waals surface area (Å²) in [5.41, 5.74) is 4.98. The molecule has 0 fully saturated rings. The molecule has 2 N–H and O–H groups in total. The maximum atomic E-state index is 12.9. The van der Waals surface area contributed by atoms with Gasteiger partial charge >= 0.3 is 6.61 Å². The van der Waals surface area contributed by atoms with Gasteiger partial charge in [0.25, 0.3) is 0 Å². The molecule has 0 bridgehead atoms. The van der Waals surface area contributed by atoms with E-state index in [1.54, 1.807) is 0 Å². The molecule has 14 heavy (non-hydrogen) atoms. The van der Waals surface area contributed by atoms with Crippen molar-refractivity contribution in [3.05, 3.63) is 29.3 Å². The number of hydrogen-bond acceptors (Lipinski definition) is 2. The van der Waals surface area contributed by atoms with E-state index in [0.29, 0.717) is 6.07 Å². The van der Waals surface area contributed by atoms with Crippen molar-refractivity contribution in [2.24, 2.45) is 5.73 Å². The molecule has 2 nitrogen and oxygen atoms in total. The lowest BCUT2D eigenvalue weighted by Gasteiger charge is -2.07. The molecule has 78 valence electrons. The van der Waals surface area contributed by atoms with E-state index < -0.39 is 24.0 Å². The van der Waals surface area contributed by atoms with Gasteiger partial charge in [0.1, 0.15) is 5.82 Å². The number of alkyl halides is 2. The molecule has 0 saturated heterocycles. The van der Waals surface area contributed by atoms with Crippen LogP contribution in [-0.4, -0.2) is 6.61 Å². The molecule has 1 rings (SSSR count). The van der Waals surface area contributed by atoms with Gasteiger partial charge in [-0.2, -0.15) is 8.78 Å². The van der Waals surface area contributed by atoms with Crippen LogP contribution in [0.1, 0.15) is 5.56 Å². The Labute approximate surface area is 77.3 Å². The summed E-state index contributed by atoms with van der Waals surface area (Å²) in [4.78, 5) is 0. The molecule has 0 amide bonds. The number of ether oxygens (including phenoxy) is 1. The van der Waals surface area contributed by atoms with Crippen LogP contribution in [0.25, 0.3) is 0 Å². The third-order valence-corrected chi connectivity index (χ3v) is 1.54. The molecule has 0 aromatic heterocycles. The summed E-state index contributed by atoms with van der Waals surface area (Å²) in [6.07, 6.45) is 0. The smallest absolute Gasteiger partial charge is 0.387 e. The second-order valence-electron chi connectivity index (χ2n) is 2.46. The number of hydrogen-bond donors (Lipinski definition) is 1. The van der Waals surface area contributed by atoms with Gasteiger partial charge in [-0.25, -0.2) is 8.78 Å². The number of rotatable bonds is 3. The van der Waals surface area contributed by atoms with E-state index in [-0.39, 0.29) is 12.1 Å². The minimum atomic E-state index is -3.19. The lowest BCUT2D eigenvalue weighted by Crippen LogP contribution is -2.06. The molecule has 1 aromatic rings. The van der Waals surface area contributed by atoms with Crippen LogP contribution in [-0.2, 0) is 6.54 Å². The van der Waals surface area contributed by atoms with Crippen LogP contribution in [0.2, 0.25) is 0 Å². The summed E-state index contributed by atoms with van der Waals surface area (Å²) in [7, 11) is 0. The standard InChI is InChI=1S/C8H7F4NO/c9-5-2-7(14-8(11)12)6(10)1-4(5)3-13/h1-2,8H,3,13H2. The molecule has 0 aliphatic carbocycles. The summed E-state index contributed by atoms with van der Waals surface area (Å²) < 4.78 is 52.9. The Kier molecular flexibility index (Phi) is 3.29. The average Bonchev–Trinajstić information content (AvgIpc) is 2.10. The molecule has 0 saturated carbocycles. The van der Waals surface area contributed by atoms with Crippen LogP contribution in [0.5, 0.6) is 5.75 Å². The van der Waals surface area contributed by atoms with E-state index in [0.717, 1.165) is 6.07 Å². The highest BCUT2D eigenvalue weighted by atomic mass is 19.3. The van der Waals surface area contributed by atoms with Crippen LogP contribution < -0.4 is 10.5 Å². The molecule has 0 heterocycles. The Balaban J connectivity index is 3.02. The predicted molar refractivity (Wildman–Crippen MR) is 40.9 cm³/mol. The summed E-state index contributed by atoms with van der Waals surface area (Å²) >= 11 is 0. The van der Waals surface area contributed by atoms with Gasteiger partial charge in [-0.15, -0.1) is 0 Å². The Morgan fingerprint density at radius 1 is 1.21 bits per heavy atom. The van der Waals surface area contributed by atoms with Gasteiger partial charge in [0.2, 0.25) is 0 Å². The predicted octanol–water partition coefficient (Wildman–Crippen LogP) is 2.02. The van der Waals surface area contributed by atoms with E-state index in [2.05, 4.69) is 4.74 Å². The second-order valence-corrected chi connectivity index (χ2v) is 2.46. The van der Waals surface area contributed by atoms with Gasteiger partial charge in [-0.05, 0) is 6.07 Å². The van der Waals surface area contributed by atoms with Crippen LogP contribution in [0.3, 0.4) is 0 Å². The molecule has 1 aromatic carbocycles. The topological polar surface area (TPSA) is 35.2 Å². The van der Waals surface area contributed by atoms with Crippen LogP contribution >= 0.6 is 0 Å². The van der Waals surface area contributed by atoms with Gasteiger partial charge < -0.3 is 10.5 Å². The molecule has 0 aliphatic heterocycles. The minimum Gasteiger partial charge on any atom is -0.432 e. The fraction of sp³-hybridized carbons (Fsp3) is 0.250. The SMILES string of the molecule is NCc1cc(F)c(OC(F)F)cc1F. The first kappa shape index (κ1) is 10.8. The van der Waals surface area contributed by atoms with Gasteiger partial charge in [0.05, 0.1) is 0 Å². The fourth-order valence-corrected chi connectivity index (χ4v) is 0.912. The summed E-state index contributed by atoms with van der Waals surface area (Å²) in [6.45, 7) is -3.40. The van der Waals surface area contributed by atoms with Crippen molar-refractivity contribution in [2.75, 3.05) is 0 Å². The fourth-order valence-electron chi connectivity index (χ4n) is 0.912. The molecule has 6 heteroatoms. The lowest BCUT2D eigenvalue weighted by molar-refractivity contribution is -0.0523. The number of halogens is 4. The van der Waals surface area contributed by atoms with Gasteiger partial charge in [-0.1, -0.05) is 0 Å². The Morgan fingerprint density at radius 2 is 1.86 bits per heavy atom. The summed E-state index contributed by atoms with van der Waals surface area (Å²) in [6, 6.07) is 1.27. The maximum absolute atomic E-state index is 12.9. The van der Waals surface area contributed by atoms with Crippen molar-refractivity contribution in [1.82, 2.24) is 0 Å². The van der Waals surface area contributed by atoms with Crippen molar-refractivity contribution in [1.29, 1.82) is 0 Å². The quantitative estimate of drug-likeness (QED) is 0.773. The van der Waals surface area contributed by atoms with Crippen molar-refractivity contribution < 1.29 is 22.3 Å². The Bertz CT molecular complexity index is 329. The highest BCUT2D eigenvalue weighted by molar-refractivity contribution is 5.30. The maximum Gasteiger partial charge on any atom is 0.387 e. The van der Waals surface area contributed by atoms with Crippen molar-refractivity contribution in [2.45, 2.75) is 13.2 Å². The Morgan fingerprint density at radius 3 is 2.36 bits per heavy atom. The van der Waals surface area contributed by atoms with E-state index in [1.165, 1.54) is 0 Å². The second kappa shape index (κ2) is 4.28. The van der Waals surface area contributed by atoms with Crippen molar-refractivity contribution >= 4 is 0 Å². The third kappa shape index (κ3) is 2.35. The largest absolute Gasteiger partial charge is 0.432 e. The van der Waals surface area contributed by atoms with E-state index in [1.807, 2.05) is 0 Å². The average molecular weight is 209 g/mol. The van der Waals surface area contributed by atoms with E-state index >= 15 is 0 Å². The Hall–Kier alpha value is -1.30. The number of nitrogens with two attached hydrogens (primary N) is 1. The molecule has 0 atom stereocenters. The first-order valence-electron chi connectivity index (χ1n) is 3.67. The zero-order valence-corrected chi connectivity index (χ0v) is 6.94. The van der Waals surface area contributed by atoms with Crippen molar-refractivity contribution in [3.63, 3.8) is 0 Å². The molecule has 0 unspecified atom stereocenters. The molecule has 0 spiro atoms. The van der Waals surface area contributed by atoms with Crippen LogP contribution in [0, 0.1) is 11.6 Å². The molecular formula is C8H7F4NO.